The van der Waals surface area contributed by atoms with E-state index in [9.17, 15) is 14.0 Å². The Morgan fingerprint density at radius 1 is 1.30 bits per heavy atom. The summed E-state index contributed by atoms with van der Waals surface area (Å²) in [5.41, 5.74) is 4.58. The molecule has 0 unspecified atom stereocenters. The number of hydrogen-bond donors (Lipinski definition) is 1. The first kappa shape index (κ1) is 22.7. The van der Waals surface area contributed by atoms with Gasteiger partial charge in [-0.3, -0.25) is 4.79 Å². The molecule has 1 atom stereocenters. The lowest BCUT2D eigenvalue weighted by Gasteiger charge is -2.32. The number of nitrogens with one attached hydrogen (secondary N) is 1. The normalized spacial score (nSPS) is 16.2. The molecule has 0 spiro atoms. The van der Waals surface area contributed by atoms with Gasteiger partial charge in [0.1, 0.15) is 11.5 Å². The SMILES string of the molecule is CNC(=O)c1cc(C)c(-c2nc3cc(C)ccn3c2C[C@H]2CN(C(=O)OC)CCO2)cc1F. The molecule has 0 saturated carbocycles. The molecule has 0 radical (unpaired) electrons. The first-order chi connectivity index (χ1) is 15.8. The van der Waals surface area contributed by atoms with Gasteiger partial charge in [0.05, 0.1) is 43.3 Å². The predicted octanol–water partition coefficient (Wildman–Crippen LogP) is 3.13. The van der Waals surface area contributed by atoms with E-state index in [1.54, 1.807) is 11.0 Å². The first-order valence-corrected chi connectivity index (χ1v) is 10.8. The van der Waals surface area contributed by atoms with E-state index in [0.29, 0.717) is 37.4 Å². The van der Waals surface area contributed by atoms with E-state index in [4.69, 9.17) is 14.5 Å². The number of methoxy groups -OCH3 is 1. The summed E-state index contributed by atoms with van der Waals surface area (Å²) in [4.78, 5) is 30.5. The molecule has 0 bridgehead atoms. The molecule has 0 aliphatic carbocycles. The second kappa shape index (κ2) is 9.19. The summed E-state index contributed by atoms with van der Waals surface area (Å²) in [7, 11) is 2.83. The van der Waals surface area contributed by atoms with Crippen LogP contribution in [0, 0.1) is 19.7 Å². The standard InChI is InChI=1S/C24H27FN4O4/c1-14-5-6-29-20(11-16-13-28(7-8-33-16)24(31)32-4)22(27-21(29)9-14)17-12-19(25)18(10-15(17)2)23(30)26-3/h5-6,9-10,12,16H,7-8,11,13H2,1-4H3,(H,26,30)/t16-/m0/s1. The molecule has 2 amide bonds. The van der Waals surface area contributed by atoms with E-state index in [1.807, 2.05) is 36.6 Å². The number of imidazole rings is 1. The Labute approximate surface area is 191 Å². The summed E-state index contributed by atoms with van der Waals surface area (Å²) in [5.74, 6) is -1.09. The Balaban J connectivity index is 1.78. The molecule has 4 rings (SSSR count). The number of rotatable bonds is 4. The fourth-order valence-corrected chi connectivity index (χ4v) is 4.21. The summed E-state index contributed by atoms with van der Waals surface area (Å²) in [6, 6.07) is 6.84. The number of benzene rings is 1. The van der Waals surface area contributed by atoms with E-state index in [1.165, 1.54) is 20.2 Å². The number of nitrogens with zero attached hydrogens (tertiary/aromatic N) is 3. The fourth-order valence-electron chi connectivity index (χ4n) is 4.21. The van der Waals surface area contributed by atoms with Crippen LogP contribution in [0.25, 0.3) is 16.9 Å². The molecule has 3 heterocycles. The summed E-state index contributed by atoms with van der Waals surface area (Å²) in [6.07, 6.45) is 1.74. The van der Waals surface area contributed by atoms with Crippen molar-refractivity contribution in [2.75, 3.05) is 33.9 Å². The van der Waals surface area contributed by atoms with Gasteiger partial charge in [0.25, 0.3) is 5.91 Å². The maximum absolute atomic E-state index is 14.9. The molecule has 1 aliphatic heterocycles. The lowest BCUT2D eigenvalue weighted by molar-refractivity contribution is -0.0241. The van der Waals surface area contributed by atoms with Crippen LogP contribution >= 0.6 is 0 Å². The average Bonchev–Trinajstić information content (AvgIpc) is 3.16. The van der Waals surface area contributed by atoms with Crippen molar-refractivity contribution in [1.82, 2.24) is 19.6 Å². The second-order valence-electron chi connectivity index (χ2n) is 8.18. The molecule has 3 aromatic rings. The first-order valence-electron chi connectivity index (χ1n) is 10.8. The zero-order chi connectivity index (χ0) is 23.7. The lowest BCUT2D eigenvalue weighted by atomic mass is 9.98. The highest BCUT2D eigenvalue weighted by Crippen LogP contribution is 2.31. The van der Waals surface area contributed by atoms with Crippen LogP contribution in [-0.2, 0) is 15.9 Å². The highest BCUT2D eigenvalue weighted by atomic mass is 19.1. The van der Waals surface area contributed by atoms with E-state index in [2.05, 4.69) is 5.32 Å². The van der Waals surface area contributed by atoms with Gasteiger partial charge in [-0.15, -0.1) is 0 Å². The molecule has 1 aliphatic rings. The quantitative estimate of drug-likeness (QED) is 0.655. The van der Waals surface area contributed by atoms with Crippen LogP contribution in [0.1, 0.15) is 27.2 Å². The van der Waals surface area contributed by atoms with Gasteiger partial charge in [0, 0.05) is 31.8 Å². The van der Waals surface area contributed by atoms with Gasteiger partial charge in [-0.25, -0.2) is 14.2 Å². The van der Waals surface area contributed by atoms with Crippen LogP contribution in [0.15, 0.2) is 30.5 Å². The number of ether oxygens (including phenoxy) is 2. The van der Waals surface area contributed by atoms with Crippen molar-refractivity contribution in [2.45, 2.75) is 26.4 Å². The van der Waals surface area contributed by atoms with Gasteiger partial charge in [0.2, 0.25) is 0 Å². The largest absolute Gasteiger partial charge is 0.453 e. The van der Waals surface area contributed by atoms with Crippen molar-refractivity contribution in [3.63, 3.8) is 0 Å². The van der Waals surface area contributed by atoms with Gasteiger partial charge >= 0.3 is 6.09 Å². The molecule has 1 fully saturated rings. The van der Waals surface area contributed by atoms with Crippen LogP contribution in [-0.4, -0.2) is 66.2 Å². The van der Waals surface area contributed by atoms with E-state index >= 15 is 0 Å². The van der Waals surface area contributed by atoms with Crippen molar-refractivity contribution in [3.8, 4) is 11.3 Å². The van der Waals surface area contributed by atoms with Gasteiger partial charge in [-0.2, -0.15) is 0 Å². The minimum atomic E-state index is -0.611. The number of amides is 2. The second-order valence-corrected chi connectivity index (χ2v) is 8.18. The van der Waals surface area contributed by atoms with Crippen LogP contribution in [0.4, 0.5) is 9.18 Å². The number of carbonyl (C=O) groups is 2. The molecule has 1 aromatic carbocycles. The molecule has 1 N–H and O–H groups in total. The molecular formula is C24H27FN4O4. The van der Waals surface area contributed by atoms with Crippen molar-refractivity contribution in [2.24, 2.45) is 0 Å². The zero-order valence-electron chi connectivity index (χ0n) is 19.1. The Morgan fingerprint density at radius 2 is 2.09 bits per heavy atom. The number of carbonyl (C=O) groups excluding carboxylic acids is 2. The van der Waals surface area contributed by atoms with E-state index in [0.717, 1.165) is 22.5 Å². The van der Waals surface area contributed by atoms with Gasteiger partial charge in [-0.1, -0.05) is 0 Å². The molecule has 9 heteroatoms. The molecule has 8 nitrogen and oxygen atoms in total. The minimum Gasteiger partial charge on any atom is -0.453 e. The highest BCUT2D eigenvalue weighted by Gasteiger charge is 2.28. The topological polar surface area (TPSA) is 85.2 Å². The maximum atomic E-state index is 14.9. The summed E-state index contributed by atoms with van der Waals surface area (Å²) >= 11 is 0. The number of aromatic nitrogens is 2. The molecule has 33 heavy (non-hydrogen) atoms. The number of fused-ring (bicyclic) bond motifs is 1. The molecule has 2 aromatic heterocycles. The molecule has 174 valence electrons. The third-order valence-corrected chi connectivity index (χ3v) is 5.91. The predicted molar refractivity (Wildman–Crippen MR) is 121 cm³/mol. The molecule has 1 saturated heterocycles. The smallest absolute Gasteiger partial charge is 0.409 e. The summed E-state index contributed by atoms with van der Waals surface area (Å²) in [5, 5.41) is 2.46. The summed E-state index contributed by atoms with van der Waals surface area (Å²) in [6.45, 7) is 5.06. The monoisotopic (exact) mass is 454 g/mol. The third kappa shape index (κ3) is 4.41. The maximum Gasteiger partial charge on any atom is 0.409 e. The van der Waals surface area contributed by atoms with Crippen molar-refractivity contribution >= 4 is 17.6 Å². The van der Waals surface area contributed by atoms with Gasteiger partial charge in [-0.05, 0) is 49.2 Å². The minimum absolute atomic E-state index is 0.00996. The van der Waals surface area contributed by atoms with Crippen LogP contribution in [0.5, 0.6) is 0 Å². The van der Waals surface area contributed by atoms with E-state index < -0.39 is 11.7 Å². The Bertz CT molecular complexity index is 1220. The van der Waals surface area contributed by atoms with Crippen molar-refractivity contribution < 1.29 is 23.5 Å². The van der Waals surface area contributed by atoms with Crippen LogP contribution in [0.2, 0.25) is 0 Å². The Kier molecular flexibility index (Phi) is 6.33. The molecular weight excluding hydrogens is 427 g/mol. The Hall–Kier alpha value is -3.46. The van der Waals surface area contributed by atoms with E-state index in [-0.39, 0.29) is 17.8 Å². The Morgan fingerprint density at radius 3 is 2.82 bits per heavy atom. The van der Waals surface area contributed by atoms with Crippen LogP contribution < -0.4 is 5.32 Å². The van der Waals surface area contributed by atoms with Crippen LogP contribution in [0.3, 0.4) is 0 Å². The van der Waals surface area contributed by atoms with Gasteiger partial charge < -0.3 is 24.1 Å². The number of hydrogen-bond acceptors (Lipinski definition) is 5. The number of aryl methyl sites for hydroxylation is 2. The lowest BCUT2D eigenvalue weighted by Crippen LogP contribution is -2.46. The number of pyridine rings is 1. The zero-order valence-corrected chi connectivity index (χ0v) is 19.1. The van der Waals surface area contributed by atoms with Gasteiger partial charge in [0.15, 0.2) is 0 Å². The fraction of sp³-hybridized carbons (Fsp3) is 0.375. The van der Waals surface area contributed by atoms with Crippen molar-refractivity contribution in [3.05, 3.63) is 58.7 Å². The van der Waals surface area contributed by atoms with Crippen molar-refractivity contribution in [1.29, 1.82) is 0 Å². The highest BCUT2D eigenvalue weighted by molar-refractivity contribution is 5.95. The summed E-state index contributed by atoms with van der Waals surface area (Å²) < 4.78 is 27.6. The number of morpholine rings is 1. The average molecular weight is 455 g/mol. The third-order valence-electron chi connectivity index (χ3n) is 5.91. The number of halogens is 1.